The first-order valence-electron chi connectivity index (χ1n) is 14.6. The largest absolute Gasteiger partial charge is 0.324 e. The molecule has 1 aliphatic heterocycles. The molecule has 2 amide bonds. The molecule has 42 heavy (non-hydrogen) atoms. The van der Waals surface area contributed by atoms with Gasteiger partial charge in [-0.05, 0) is 82.4 Å². The standard InChI is InChI=1S/C33H41N7O2/c1-20-7-13-26(14-8-20)40-28(19-27(39-40)33(4,5)6)36-32(42)35-25-11-9-23(10-12-25)30(24-15-17-34-18-16-24)31(41)29-21(2)37-38-22(29)3/h7-14,19,24,30,34H,15-18H2,1-6H3,(H,37,38)(H2,35,36,42). The minimum absolute atomic E-state index is 0.100. The second-order valence-corrected chi connectivity index (χ2v) is 12.4. The van der Waals surface area contributed by atoms with Crippen molar-refractivity contribution in [2.24, 2.45) is 5.92 Å². The van der Waals surface area contributed by atoms with Gasteiger partial charge in [0.25, 0.3) is 0 Å². The average Bonchev–Trinajstić information content (AvgIpc) is 3.53. The molecule has 5 rings (SSSR count). The number of aromatic nitrogens is 4. The van der Waals surface area contributed by atoms with Crippen LogP contribution in [0.5, 0.6) is 0 Å². The number of aryl methyl sites for hydroxylation is 3. The van der Waals surface area contributed by atoms with E-state index in [1.165, 1.54) is 0 Å². The van der Waals surface area contributed by atoms with Crippen LogP contribution < -0.4 is 16.0 Å². The van der Waals surface area contributed by atoms with Crippen molar-refractivity contribution in [2.45, 2.75) is 65.7 Å². The van der Waals surface area contributed by atoms with Gasteiger partial charge in [0.15, 0.2) is 5.78 Å². The first-order chi connectivity index (χ1) is 20.0. The third-order valence-corrected chi connectivity index (χ3v) is 8.04. The molecule has 4 aromatic rings. The van der Waals surface area contributed by atoms with E-state index in [1.807, 2.05) is 75.4 Å². The van der Waals surface area contributed by atoms with Gasteiger partial charge in [0.2, 0.25) is 0 Å². The molecule has 9 heteroatoms. The zero-order valence-corrected chi connectivity index (χ0v) is 25.3. The van der Waals surface area contributed by atoms with Crippen LogP contribution in [0.15, 0.2) is 54.6 Å². The first-order valence-corrected chi connectivity index (χ1v) is 14.6. The maximum atomic E-state index is 13.9. The number of nitrogens with one attached hydrogen (secondary N) is 4. The predicted molar refractivity (Wildman–Crippen MR) is 167 cm³/mol. The van der Waals surface area contributed by atoms with Gasteiger partial charge in [-0.15, -0.1) is 0 Å². The van der Waals surface area contributed by atoms with Crippen LogP contribution in [0.4, 0.5) is 16.3 Å². The van der Waals surface area contributed by atoms with E-state index < -0.39 is 0 Å². The van der Waals surface area contributed by atoms with Crippen molar-refractivity contribution in [3.8, 4) is 5.69 Å². The molecule has 0 spiro atoms. The number of benzene rings is 2. The van der Waals surface area contributed by atoms with E-state index in [9.17, 15) is 9.59 Å². The Hall–Kier alpha value is -4.24. The Morgan fingerprint density at radius 3 is 2.21 bits per heavy atom. The second-order valence-electron chi connectivity index (χ2n) is 12.4. The maximum Gasteiger partial charge on any atom is 0.324 e. The van der Waals surface area contributed by atoms with Gasteiger partial charge in [-0.3, -0.25) is 15.2 Å². The molecule has 0 saturated carbocycles. The number of hydrogen-bond donors (Lipinski definition) is 4. The molecule has 1 saturated heterocycles. The van der Waals surface area contributed by atoms with Crippen LogP contribution in [0.1, 0.15) is 78.1 Å². The summed E-state index contributed by atoms with van der Waals surface area (Å²) in [5.41, 5.74) is 6.50. The summed E-state index contributed by atoms with van der Waals surface area (Å²) >= 11 is 0. The van der Waals surface area contributed by atoms with E-state index in [0.29, 0.717) is 17.1 Å². The van der Waals surface area contributed by atoms with Crippen molar-refractivity contribution in [1.82, 2.24) is 25.3 Å². The Morgan fingerprint density at radius 2 is 1.62 bits per heavy atom. The van der Waals surface area contributed by atoms with Crippen LogP contribution in [0.2, 0.25) is 0 Å². The number of rotatable bonds is 7. The molecule has 1 aliphatic rings. The molecule has 2 aromatic heterocycles. The van der Waals surface area contributed by atoms with Crippen LogP contribution >= 0.6 is 0 Å². The van der Waals surface area contributed by atoms with Crippen molar-refractivity contribution < 1.29 is 9.59 Å². The minimum atomic E-state index is -0.368. The SMILES string of the molecule is Cc1ccc(-n2nc(C(C)(C)C)cc2NC(=O)Nc2ccc(C(C(=O)c3c(C)n[nH]c3C)C3CCNCC3)cc2)cc1. The van der Waals surface area contributed by atoms with Gasteiger partial charge in [-0.25, -0.2) is 9.48 Å². The number of H-pyrrole nitrogens is 1. The number of nitrogens with zero attached hydrogens (tertiary/aromatic N) is 3. The minimum Gasteiger partial charge on any atom is -0.317 e. The van der Waals surface area contributed by atoms with Crippen LogP contribution in [0.25, 0.3) is 5.69 Å². The van der Waals surface area contributed by atoms with E-state index >= 15 is 0 Å². The van der Waals surface area contributed by atoms with Crippen molar-refractivity contribution in [3.63, 3.8) is 0 Å². The fourth-order valence-corrected chi connectivity index (χ4v) is 5.66. The van der Waals surface area contributed by atoms with Gasteiger partial charge in [-0.1, -0.05) is 50.6 Å². The number of carbonyl (C=O) groups is 2. The van der Waals surface area contributed by atoms with Crippen molar-refractivity contribution in [2.75, 3.05) is 23.7 Å². The van der Waals surface area contributed by atoms with Crippen LogP contribution in [-0.4, -0.2) is 44.9 Å². The zero-order chi connectivity index (χ0) is 30.0. The lowest BCUT2D eigenvalue weighted by Crippen LogP contribution is -2.34. The highest BCUT2D eigenvalue weighted by Crippen LogP contribution is 2.36. The van der Waals surface area contributed by atoms with E-state index in [-0.39, 0.29) is 29.1 Å². The van der Waals surface area contributed by atoms with E-state index in [4.69, 9.17) is 5.10 Å². The van der Waals surface area contributed by atoms with Gasteiger partial charge in [0, 0.05) is 22.9 Å². The molecule has 3 heterocycles. The average molecular weight is 568 g/mol. The summed E-state index contributed by atoms with van der Waals surface area (Å²) in [4.78, 5) is 27.0. The number of piperidine rings is 1. The predicted octanol–water partition coefficient (Wildman–Crippen LogP) is 6.43. The van der Waals surface area contributed by atoms with E-state index in [2.05, 4.69) is 46.9 Å². The normalized spacial score (nSPS) is 14.9. The smallest absolute Gasteiger partial charge is 0.317 e. The summed E-state index contributed by atoms with van der Waals surface area (Å²) < 4.78 is 1.76. The molecule has 0 bridgehead atoms. The second kappa shape index (κ2) is 11.9. The Kier molecular flexibility index (Phi) is 8.31. The molecule has 0 aliphatic carbocycles. The van der Waals surface area contributed by atoms with Crippen LogP contribution in [-0.2, 0) is 5.41 Å². The molecule has 9 nitrogen and oxygen atoms in total. The molecule has 2 aromatic carbocycles. The fourth-order valence-electron chi connectivity index (χ4n) is 5.66. The summed E-state index contributed by atoms with van der Waals surface area (Å²) in [6.07, 6.45) is 1.86. The molecule has 1 atom stereocenters. The number of aromatic amines is 1. The van der Waals surface area contributed by atoms with Gasteiger partial charge < -0.3 is 10.6 Å². The lowest BCUT2D eigenvalue weighted by atomic mass is 9.76. The van der Waals surface area contributed by atoms with E-state index in [0.717, 1.165) is 59.8 Å². The number of Topliss-reactive ketones (excluding diaryl/α,β-unsaturated/α-hetero) is 1. The Labute approximate surface area is 247 Å². The van der Waals surface area contributed by atoms with Gasteiger partial charge in [0.1, 0.15) is 5.82 Å². The third kappa shape index (κ3) is 6.31. The molecule has 0 radical (unpaired) electrons. The third-order valence-electron chi connectivity index (χ3n) is 8.04. The van der Waals surface area contributed by atoms with E-state index in [1.54, 1.807) is 4.68 Å². The van der Waals surface area contributed by atoms with Crippen LogP contribution in [0, 0.1) is 26.7 Å². The topological polar surface area (TPSA) is 117 Å². The summed E-state index contributed by atoms with van der Waals surface area (Å²) in [6.45, 7) is 13.9. The van der Waals surface area contributed by atoms with Crippen molar-refractivity contribution in [1.29, 1.82) is 0 Å². The number of anilines is 2. The quantitative estimate of drug-likeness (QED) is 0.192. The van der Waals surface area contributed by atoms with Crippen molar-refractivity contribution >= 4 is 23.3 Å². The number of urea groups is 1. The molecular formula is C33H41N7O2. The summed E-state index contributed by atoms with van der Waals surface area (Å²) in [7, 11) is 0. The fraction of sp³-hybridized carbons (Fsp3) is 0.394. The molecule has 220 valence electrons. The zero-order valence-electron chi connectivity index (χ0n) is 25.3. The highest BCUT2D eigenvalue weighted by Gasteiger charge is 2.34. The number of ketones is 1. The van der Waals surface area contributed by atoms with Gasteiger partial charge in [0.05, 0.1) is 28.6 Å². The van der Waals surface area contributed by atoms with Gasteiger partial charge in [-0.2, -0.15) is 10.2 Å². The molecule has 1 fully saturated rings. The Bertz CT molecular complexity index is 1530. The lowest BCUT2D eigenvalue weighted by Gasteiger charge is -2.30. The monoisotopic (exact) mass is 567 g/mol. The van der Waals surface area contributed by atoms with Crippen LogP contribution in [0.3, 0.4) is 0 Å². The van der Waals surface area contributed by atoms with Gasteiger partial charge >= 0.3 is 6.03 Å². The summed E-state index contributed by atoms with van der Waals surface area (Å²) in [6, 6.07) is 17.2. The molecule has 1 unspecified atom stereocenters. The Balaban J connectivity index is 1.36. The highest BCUT2D eigenvalue weighted by atomic mass is 16.2. The highest BCUT2D eigenvalue weighted by molar-refractivity contribution is 6.03. The summed E-state index contributed by atoms with van der Waals surface area (Å²) in [5.74, 6) is 0.640. The number of hydrogen-bond acceptors (Lipinski definition) is 5. The molecule has 4 N–H and O–H groups in total. The lowest BCUT2D eigenvalue weighted by molar-refractivity contribution is 0.0915. The number of carbonyl (C=O) groups excluding carboxylic acids is 2. The number of amides is 2. The maximum absolute atomic E-state index is 13.9. The summed E-state index contributed by atoms with van der Waals surface area (Å²) in [5, 5.41) is 21.4. The first kappa shape index (κ1) is 29.3. The molecular weight excluding hydrogens is 526 g/mol. The Morgan fingerprint density at radius 1 is 0.952 bits per heavy atom. The van der Waals surface area contributed by atoms with Crippen molar-refractivity contribution in [3.05, 3.63) is 88.4 Å².